The average molecular weight is 333 g/mol. The Morgan fingerprint density at radius 3 is 2.60 bits per heavy atom. The molecule has 3 rings (SSSR count). The lowest BCUT2D eigenvalue weighted by atomic mass is 10.1. The van der Waals surface area contributed by atoms with Crippen LogP contribution in [0.25, 0.3) is 17.0 Å². The third kappa shape index (κ3) is 3.69. The summed E-state index contributed by atoms with van der Waals surface area (Å²) in [4.78, 5) is 27.6. The van der Waals surface area contributed by atoms with Gasteiger partial charge in [0.2, 0.25) is 5.78 Å². The van der Waals surface area contributed by atoms with Gasteiger partial charge in [0.25, 0.3) is 0 Å². The highest BCUT2D eigenvalue weighted by molar-refractivity contribution is 6.10. The Labute approximate surface area is 146 Å². The molecule has 0 aliphatic rings. The van der Waals surface area contributed by atoms with Crippen LogP contribution in [0.1, 0.15) is 28.4 Å². The zero-order valence-electron chi connectivity index (χ0n) is 14.2. The first-order chi connectivity index (χ1) is 12.1. The molecule has 0 radical (unpaired) electrons. The standard InChI is InChI=1S/C21H19NO3/c1-14-7-3-4-8-16(14)11-12-20(23)25-15(2)21(24)18-13-22-19-10-6-5-9-17(18)19/h3-13,15,22H,1-2H3/b12-11+/t15-/m0/s1. The van der Waals surface area contributed by atoms with Crippen LogP contribution in [0.5, 0.6) is 0 Å². The van der Waals surface area contributed by atoms with E-state index in [0.29, 0.717) is 5.56 Å². The molecule has 126 valence electrons. The van der Waals surface area contributed by atoms with Gasteiger partial charge in [-0.25, -0.2) is 4.79 Å². The maximum absolute atomic E-state index is 12.6. The summed E-state index contributed by atoms with van der Waals surface area (Å²) in [5.74, 6) is -0.765. The van der Waals surface area contributed by atoms with Crippen LogP contribution in [0.15, 0.2) is 60.8 Å². The Hall–Kier alpha value is -3.14. The molecule has 4 nitrogen and oxygen atoms in total. The van der Waals surface area contributed by atoms with E-state index in [1.165, 1.54) is 6.08 Å². The maximum atomic E-state index is 12.6. The van der Waals surface area contributed by atoms with Crippen molar-refractivity contribution in [1.82, 2.24) is 4.98 Å². The van der Waals surface area contributed by atoms with Gasteiger partial charge in [0.1, 0.15) is 0 Å². The second kappa shape index (κ2) is 7.18. The van der Waals surface area contributed by atoms with Gasteiger partial charge in [0, 0.05) is 28.7 Å². The van der Waals surface area contributed by atoms with Crippen LogP contribution in [0, 0.1) is 6.92 Å². The number of carbonyl (C=O) groups excluding carboxylic acids is 2. The Morgan fingerprint density at radius 2 is 1.80 bits per heavy atom. The minimum absolute atomic E-state index is 0.227. The highest BCUT2D eigenvalue weighted by Gasteiger charge is 2.21. The van der Waals surface area contributed by atoms with Gasteiger partial charge in [0.05, 0.1) is 0 Å². The lowest BCUT2D eigenvalue weighted by molar-refractivity contribution is -0.140. The van der Waals surface area contributed by atoms with E-state index in [4.69, 9.17) is 4.74 Å². The molecule has 1 N–H and O–H groups in total. The van der Waals surface area contributed by atoms with Gasteiger partial charge in [-0.3, -0.25) is 4.79 Å². The topological polar surface area (TPSA) is 59.2 Å². The largest absolute Gasteiger partial charge is 0.451 e. The smallest absolute Gasteiger partial charge is 0.331 e. The number of ether oxygens (including phenoxy) is 1. The predicted octanol–water partition coefficient (Wildman–Crippen LogP) is 4.30. The average Bonchev–Trinajstić information content (AvgIpc) is 3.04. The van der Waals surface area contributed by atoms with Crippen molar-refractivity contribution >= 4 is 28.7 Å². The normalized spacial score (nSPS) is 12.4. The summed E-state index contributed by atoms with van der Waals surface area (Å²) < 4.78 is 5.26. The van der Waals surface area contributed by atoms with Gasteiger partial charge in [-0.1, -0.05) is 42.5 Å². The van der Waals surface area contributed by atoms with Crippen LogP contribution < -0.4 is 0 Å². The van der Waals surface area contributed by atoms with Gasteiger partial charge in [0.15, 0.2) is 6.10 Å². The van der Waals surface area contributed by atoms with Gasteiger partial charge in [-0.05, 0) is 37.1 Å². The molecule has 0 aliphatic heterocycles. The second-order valence-corrected chi connectivity index (χ2v) is 5.88. The van der Waals surface area contributed by atoms with Crippen molar-refractivity contribution < 1.29 is 14.3 Å². The summed E-state index contributed by atoms with van der Waals surface area (Å²) in [6.45, 7) is 3.55. The van der Waals surface area contributed by atoms with Gasteiger partial charge < -0.3 is 9.72 Å². The molecule has 3 aromatic rings. The van der Waals surface area contributed by atoms with Crippen LogP contribution in [0.3, 0.4) is 0 Å². The van der Waals surface area contributed by atoms with E-state index in [0.717, 1.165) is 22.0 Å². The van der Waals surface area contributed by atoms with E-state index >= 15 is 0 Å². The minimum Gasteiger partial charge on any atom is -0.451 e. The fourth-order valence-electron chi connectivity index (χ4n) is 2.69. The van der Waals surface area contributed by atoms with Crippen molar-refractivity contribution in [2.45, 2.75) is 20.0 Å². The van der Waals surface area contributed by atoms with E-state index in [-0.39, 0.29) is 5.78 Å². The lowest BCUT2D eigenvalue weighted by Gasteiger charge is -2.10. The molecule has 1 atom stereocenters. The van der Waals surface area contributed by atoms with Crippen LogP contribution in [-0.4, -0.2) is 22.8 Å². The van der Waals surface area contributed by atoms with Gasteiger partial charge in [-0.2, -0.15) is 0 Å². The number of carbonyl (C=O) groups is 2. The number of nitrogens with one attached hydrogen (secondary N) is 1. The van der Waals surface area contributed by atoms with E-state index < -0.39 is 12.1 Å². The van der Waals surface area contributed by atoms with E-state index in [1.807, 2.05) is 55.5 Å². The van der Waals surface area contributed by atoms with Gasteiger partial charge in [-0.15, -0.1) is 0 Å². The molecule has 0 fully saturated rings. The second-order valence-electron chi connectivity index (χ2n) is 5.88. The van der Waals surface area contributed by atoms with Crippen molar-refractivity contribution in [3.05, 3.63) is 77.5 Å². The Morgan fingerprint density at radius 1 is 1.08 bits per heavy atom. The Balaban J connectivity index is 1.69. The number of fused-ring (bicyclic) bond motifs is 1. The molecule has 0 bridgehead atoms. The van der Waals surface area contributed by atoms with Crippen molar-refractivity contribution in [2.75, 3.05) is 0 Å². The molecule has 0 saturated heterocycles. The molecule has 0 saturated carbocycles. The van der Waals surface area contributed by atoms with Crippen LogP contribution in [-0.2, 0) is 9.53 Å². The molecule has 2 aromatic carbocycles. The van der Waals surface area contributed by atoms with Crippen molar-refractivity contribution in [2.24, 2.45) is 0 Å². The summed E-state index contributed by atoms with van der Waals surface area (Å²) in [6.07, 6.45) is 3.84. The van der Waals surface area contributed by atoms with Gasteiger partial charge >= 0.3 is 5.97 Å². The van der Waals surface area contributed by atoms with Crippen LogP contribution >= 0.6 is 0 Å². The summed E-state index contributed by atoms with van der Waals surface area (Å²) in [7, 11) is 0. The fraction of sp³-hybridized carbons (Fsp3) is 0.143. The number of hydrogen-bond donors (Lipinski definition) is 1. The first-order valence-electron chi connectivity index (χ1n) is 8.11. The summed E-state index contributed by atoms with van der Waals surface area (Å²) in [5, 5.41) is 0.825. The Kier molecular flexibility index (Phi) is 4.80. The summed E-state index contributed by atoms with van der Waals surface area (Å²) in [6, 6.07) is 15.3. The molecule has 0 amide bonds. The Bertz CT molecular complexity index is 952. The zero-order chi connectivity index (χ0) is 17.8. The van der Waals surface area contributed by atoms with Crippen molar-refractivity contribution in [1.29, 1.82) is 0 Å². The van der Waals surface area contributed by atoms with E-state index in [9.17, 15) is 9.59 Å². The maximum Gasteiger partial charge on any atom is 0.331 e. The van der Waals surface area contributed by atoms with Crippen molar-refractivity contribution in [3.63, 3.8) is 0 Å². The number of aryl methyl sites for hydroxylation is 1. The van der Waals surface area contributed by atoms with Crippen LogP contribution in [0.2, 0.25) is 0 Å². The highest BCUT2D eigenvalue weighted by atomic mass is 16.5. The lowest BCUT2D eigenvalue weighted by Crippen LogP contribution is -2.23. The number of Topliss-reactive ketones (excluding diaryl/α,β-unsaturated/α-hetero) is 1. The summed E-state index contributed by atoms with van der Waals surface area (Å²) in [5.41, 5.74) is 3.41. The molecule has 0 unspecified atom stereocenters. The monoisotopic (exact) mass is 333 g/mol. The number of esters is 1. The molecular formula is C21H19NO3. The van der Waals surface area contributed by atoms with E-state index in [2.05, 4.69) is 4.98 Å². The number of para-hydroxylation sites is 1. The number of aromatic nitrogens is 1. The molecule has 1 heterocycles. The van der Waals surface area contributed by atoms with E-state index in [1.54, 1.807) is 19.2 Å². The molecule has 0 aliphatic carbocycles. The highest BCUT2D eigenvalue weighted by Crippen LogP contribution is 2.20. The number of benzene rings is 2. The predicted molar refractivity (Wildman–Crippen MR) is 98.4 cm³/mol. The fourth-order valence-corrected chi connectivity index (χ4v) is 2.69. The number of aromatic amines is 1. The minimum atomic E-state index is -0.853. The molecule has 25 heavy (non-hydrogen) atoms. The summed E-state index contributed by atoms with van der Waals surface area (Å²) >= 11 is 0. The zero-order valence-corrected chi connectivity index (χ0v) is 14.2. The SMILES string of the molecule is Cc1ccccc1/C=C/C(=O)O[C@@H](C)C(=O)c1c[nH]c2ccccc12. The number of hydrogen-bond acceptors (Lipinski definition) is 3. The first kappa shape index (κ1) is 16.7. The first-order valence-corrected chi connectivity index (χ1v) is 8.11. The molecule has 1 aromatic heterocycles. The third-order valence-electron chi connectivity index (χ3n) is 4.10. The number of rotatable bonds is 5. The molecular weight excluding hydrogens is 314 g/mol. The molecule has 0 spiro atoms. The van der Waals surface area contributed by atoms with Crippen LogP contribution in [0.4, 0.5) is 0 Å². The number of ketones is 1. The molecule has 4 heteroatoms. The number of H-pyrrole nitrogens is 1. The quantitative estimate of drug-likeness (QED) is 0.430. The van der Waals surface area contributed by atoms with Crippen molar-refractivity contribution in [3.8, 4) is 0 Å². The third-order valence-corrected chi connectivity index (χ3v) is 4.10.